The molecule has 1 aliphatic carbocycles. The van der Waals surface area contributed by atoms with Crippen molar-refractivity contribution in [3.63, 3.8) is 0 Å². The van der Waals surface area contributed by atoms with E-state index in [2.05, 4.69) is 45.2 Å². The van der Waals surface area contributed by atoms with Gasteiger partial charge in [-0.05, 0) is 34.3 Å². The van der Waals surface area contributed by atoms with Gasteiger partial charge in [0.1, 0.15) is 11.6 Å². The van der Waals surface area contributed by atoms with Crippen LogP contribution in [0.4, 0.5) is 5.82 Å². The Morgan fingerprint density at radius 2 is 1.95 bits per heavy atom. The first-order chi connectivity index (χ1) is 10.2. The number of aromatic nitrogens is 2. The third kappa shape index (κ3) is 2.45. The number of anilines is 1. The molecule has 1 fully saturated rings. The van der Waals surface area contributed by atoms with E-state index in [1.165, 1.54) is 12.0 Å². The fourth-order valence-electron chi connectivity index (χ4n) is 2.89. The molecular weight excluding hydrogens is 330 g/mol. The molecule has 110 valence electrons. The van der Waals surface area contributed by atoms with Crippen LogP contribution in [-0.2, 0) is 16.8 Å². The Bertz CT molecular complexity index is 641. The second kappa shape index (κ2) is 5.73. The highest BCUT2D eigenvalue weighted by Gasteiger charge is 2.43. The van der Waals surface area contributed by atoms with Crippen molar-refractivity contribution in [1.29, 1.82) is 0 Å². The summed E-state index contributed by atoms with van der Waals surface area (Å²) in [5.41, 5.74) is 8.03. The fourth-order valence-corrected chi connectivity index (χ4v) is 3.18. The molecule has 0 bridgehead atoms. The van der Waals surface area contributed by atoms with Gasteiger partial charge in [-0.3, -0.25) is 0 Å². The number of hydrogen-bond donors (Lipinski definition) is 1. The van der Waals surface area contributed by atoms with Gasteiger partial charge in [0.2, 0.25) is 0 Å². The molecule has 3 rings (SSSR count). The van der Waals surface area contributed by atoms with E-state index in [4.69, 9.17) is 15.5 Å². The average molecular weight is 348 g/mol. The fraction of sp³-hybridized carbons (Fsp3) is 0.375. The van der Waals surface area contributed by atoms with Gasteiger partial charge < -0.3 is 10.5 Å². The molecule has 21 heavy (non-hydrogen) atoms. The number of methoxy groups -OCH3 is 1. The monoisotopic (exact) mass is 347 g/mol. The molecule has 0 spiro atoms. The van der Waals surface area contributed by atoms with E-state index in [0.29, 0.717) is 12.4 Å². The predicted molar refractivity (Wildman–Crippen MR) is 85.9 cm³/mol. The minimum Gasteiger partial charge on any atom is -0.383 e. The van der Waals surface area contributed by atoms with Crippen LogP contribution in [0.15, 0.2) is 34.8 Å². The largest absolute Gasteiger partial charge is 0.383 e. The lowest BCUT2D eigenvalue weighted by molar-refractivity contribution is 0.179. The molecule has 0 saturated heterocycles. The molecule has 5 heteroatoms. The first kappa shape index (κ1) is 14.5. The zero-order valence-corrected chi connectivity index (χ0v) is 13.6. The van der Waals surface area contributed by atoms with Crippen LogP contribution in [0, 0.1) is 0 Å². The maximum atomic E-state index is 6.05. The molecule has 0 aliphatic heterocycles. The summed E-state index contributed by atoms with van der Waals surface area (Å²) in [4.78, 5) is 9.28. The van der Waals surface area contributed by atoms with Gasteiger partial charge in [0.05, 0.1) is 22.2 Å². The third-order valence-electron chi connectivity index (χ3n) is 4.19. The smallest absolute Gasteiger partial charge is 0.141 e. The molecule has 0 unspecified atom stereocenters. The predicted octanol–water partition coefficient (Wildman–Crippen LogP) is 3.44. The quantitative estimate of drug-likeness (QED) is 0.920. The van der Waals surface area contributed by atoms with Crippen molar-refractivity contribution < 1.29 is 4.74 Å². The molecule has 0 atom stereocenters. The second-order valence-electron chi connectivity index (χ2n) is 5.43. The summed E-state index contributed by atoms with van der Waals surface area (Å²) < 4.78 is 5.94. The summed E-state index contributed by atoms with van der Waals surface area (Å²) in [7, 11) is 1.65. The number of nitrogens with zero attached hydrogens (tertiary/aromatic N) is 2. The van der Waals surface area contributed by atoms with Gasteiger partial charge in [0, 0.05) is 7.11 Å². The van der Waals surface area contributed by atoms with E-state index in [0.717, 1.165) is 28.8 Å². The Morgan fingerprint density at radius 3 is 2.52 bits per heavy atom. The minimum atomic E-state index is -0.0986. The third-order valence-corrected chi connectivity index (χ3v) is 5.05. The van der Waals surface area contributed by atoms with Crippen LogP contribution in [0.1, 0.15) is 36.3 Å². The Hall–Kier alpha value is -1.46. The average Bonchev–Trinajstić information content (AvgIpc) is 2.44. The standard InChI is InChI=1S/C16H18BrN3O/c1-21-10-12-13(17)14(18)20-15(19-12)16(8-5-9-16)11-6-3-2-4-7-11/h2-4,6-7H,5,8-10H2,1H3,(H2,18,19,20). The van der Waals surface area contributed by atoms with Gasteiger partial charge in [-0.2, -0.15) is 0 Å². The summed E-state index contributed by atoms with van der Waals surface area (Å²) in [6, 6.07) is 10.5. The zero-order valence-electron chi connectivity index (χ0n) is 12.0. The topological polar surface area (TPSA) is 61.0 Å². The van der Waals surface area contributed by atoms with Crippen LogP contribution in [0.2, 0.25) is 0 Å². The lowest BCUT2D eigenvalue weighted by Gasteiger charge is -2.41. The number of hydrogen-bond acceptors (Lipinski definition) is 4. The number of ether oxygens (including phenoxy) is 1. The summed E-state index contributed by atoms with van der Waals surface area (Å²) >= 11 is 3.45. The highest BCUT2D eigenvalue weighted by Crippen LogP contribution is 2.48. The second-order valence-corrected chi connectivity index (χ2v) is 6.22. The molecule has 1 aliphatic rings. The van der Waals surface area contributed by atoms with Crippen molar-refractivity contribution in [2.24, 2.45) is 0 Å². The van der Waals surface area contributed by atoms with Gasteiger partial charge in [-0.15, -0.1) is 0 Å². The highest BCUT2D eigenvalue weighted by atomic mass is 79.9. The van der Waals surface area contributed by atoms with Crippen LogP contribution >= 0.6 is 15.9 Å². The van der Waals surface area contributed by atoms with Crippen LogP contribution < -0.4 is 5.73 Å². The minimum absolute atomic E-state index is 0.0986. The molecular formula is C16H18BrN3O. The van der Waals surface area contributed by atoms with Crippen LogP contribution in [0.25, 0.3) is 0 Å². The lowest BCUT2D eigenvalue weighted by atomic mass is 9.64. The molecule has 1 aromatic carbocycles. The first-order valence-electron chi connectivity index (χ1n) is 7.04. The maximum absolute atomic E-state index is 6.05. The molecule has 1 saturated carbocycles. The molecule has 0 amide bonds. The molecule has 4 nitrogen and oxygen atoms in total. The normalized spacial score (nSPS) is 16.5. The van der Waals surface area contributed by atoms with Crippen molar-refractivity contribution in [2.75, 3.05) is 12.8 Å². The van der Waals surface area contributed by atoms with E-state index in [9.17, 15) is 0 Å². The van der Waals surface area contributed by atoms with Gasteiger partial charge in [-0.1, -0.05) is 36.8 Å². The van der Waals surface area contributed by atoms with Crippen molar-refractivity contribution in [3.05, 3.63) is 51.9 Å². The number of halogens is 1. The Labute approximate surface area is 132 Å². The van der Waals surface area contributed by atoms with E-state index in [-0.39, 0.29) is 5.41 Å². The van der Waals surface area contributed by atoms with Gasteiger partial charge >= 0.3 is 0 Å². The van der Waals surface area contributed by atoms with Crippen molar-refractivity contribution in [1.82, 2.24) is 9.97 Å². The summed E-state index contributed by atoms with van der Waals surface area (Å²) in [6.07, 6.45) is 3.31. The van der Waals surface area contributed by atoms with Crippen LogP contribution in [0.3, 0.4) is 0 Å². The maximum Gasteiger partial charge on any atom is 0.141 e. The van der Waals surface area contributed by atoms with Crippen molar-refractivity contribution in [2.45, 2.75) is 31.3 Å². The summed E-state index contributed by atoms with van der Waals surface area (Å²) in [5.74, 6) is 1.29. The lowest BCUT2D eigenvalue weighted by Crippen LogP contribution is -2.38. The summed E-state index contributed by atoms with van der Waals surface area (Å²) in [5, 5.41) is 0. The summed E-state index contributed by atoms with van der Waals surface area (Å²) in [6.45, 7) is 0.422. The number of nitrogens with two attached hydrogens (primary N) is 1. The number of rotatable bonds is 4. The molecule has 1 heterocycles. The van der Waals surface area contributed by atoms with E-state index >= 15 is 0 Å². The van der Waals surface area contributed by atoms with Crippen LogP contribution in [-0.4, -0.2) is 17.1 Å². The first-order valence-corrected chi connectivity index (χ1v) is 7.83. The molecule has 2 N–H and O–H groups in total. The number of benzene rings is 1. The Balaban J connectivity index is 2.10. The zero-order chi connectivity index (χ0) is 14.9. The van der Waals surface area contributed by atoms with Crippen LogP contribution in [0.5, 0.6) is 0 Å². The highest BCUT2D eigenvalue weighted by molar-refractivity contribution is 9.10. The van der Waals surface area contributed by atoms with Crippen molar-refractivity contribution in [3.8, 4) is 0 Å². The molecule has 1 aromatic heterocycles. The van der Waals surface area contributed by atoms with Crippen molar-refractivity contribution >= 4 is 21.7 Å². The molecule has 0 radical (unpaired) electrons. The van der Waals surface area contributed by atoms with E-state index < -0.39 is 0 Å². The Kier molecular flexibility index (Phi) is 3.95. The van der Waals surface area contributed by atoms with Gasteiger partial charge in [-0.25, -0.2) is 9.97 Å². The number of nitrogen functional groups attached to an aromatic ring is 1. The van der Waals surface area contributed by atoms with E-state index in [1.807, 2.05) is 6.07 Å². The Morgan fingerprint density at radius 1 is 1.24 bits per heavy atom. The van der Waals surface area contributed by atoms with Gasteiger partial charge in [0.25, 0.3) is 0 Å². The van der Waals surface area contributed by atoms with E-state index in [1.54, 1.807) is 7.11 Å². The SMILES string of the molecule is COCc1nc(C2(c3ccccc3)CCC2)nc(N)c1Br. The molecule has 2 aromatic rings. The van der Waals surface area contributed by atoms with Gasteiger partial charge in [0.15, 0.2) is 0 Å².